The molecule has 0 aromatic carbocycles. The van der Waals surface area contributed by atoms with Gasteiger partial charge >= 0.3 is 5.97 Å². The van der Waals surface area contributed by atoms with Gasteiger partial charge in [0.15, 0.2) is 0 Å². The number of carboxylic acids is 1. The lowest BCUT2D eigenvalue weighted by Gasteiger charge is -2.22. The monoisotopic (exact) mass is 293 g/mol. The van der Waals surface area contributed by atoms with E-state index in [-0.39, 0.29) is 24.3 Å². The summed E-state index contributed by atoms with van der Waals surface area (Å²) in [6.07, 6.45) is 8.74. The molecule has 6 nitrogen and oxygen atoms in total. The van der Waals surface area contributed by atoms with Crippen molar-refractivity contribution >= 4 is 11.9 Å². The number of carbonyl (C=O) groups excluding carboxylic acids is 1. The summed E-state index contributed by atoms with van der Waals surface area (Å²) in [5, 5.41) is 8.83. The van der Waals surface area contributed by atoms with Crippen LogP contribution in [-0.2, 0) is 9.59 Å². The van der Waals surface area contributed by atoms with Crippen molar-refractivity contribution in [3.8, 4) is 0 Å². The second kappa shape index (κ2) is 7.24. The second-order valence-electron chi connectivity index (χ2n) is 5.75. The molecule has 0 aliphatic carbocycles. The molecule has 1 saturated heterocycles. The quantitative estimate of drug-likeness (QED) is 0.833. The maximum Gasteiger partial charge on any atom is 0.303 e. The fourth-order valence-electron chi connectivity index (χ4n) is 2.98. The van der Waals surface area contributed by atoms with Gasteiger partial charge in [-0.25, -0.2) is 4.98 Å². The number of aliphatic carboxylic acids is 1. The summed E-state index contributed by atoms with van der Waals surface area (Å²) in [6, 6.07) is 0.142. The standard InChI is InChI=1S/C15H23N3O3/c1-2-3-13(18-7-5-16-11-18)9-14(19)17-6-4-12(10-17)8-15(20)21/h5,7,11-13H,2-4,6,8-10H2,1H3,(H,20,21). The molecule has 1 aromatic heterocycles. The zero-order chi connectivity index (χ0) is 15.2. The van der Waals surface area contributed by atoms with Crippen LogP contribution >= 0.6 is 0 Å². The summed E-state index contributed by atoms with van der Waals surface area (Å²) in [7, 11) is 0. The summed E-state index contributed by atoms with van der Waals surface area (Å²) in [4.78, 5) is 29.0. The van der Waals surface area contributed by atoms with Gasteiger partial charge in [0.1, 0.15) is 0 Å². The van der Waals surface area contributed by atoms with E-state index >= 15 is 0 Å². The first-order valence-corrected chi connectivity index (χ1v) is 7.57. The molecule has 1 amide bonds. The van der Waals surface area contributed by atoms with Crippen LogP contribution in [0.1, 0.15) is 45.1 Å². The molecule has 1 aliphatic rings. The highest BCUT2D eigenvalue weighted by Gasteiger charge is 2.29. The van der Waals surface area contributed by atoms with E-state index in [2.05, 4.69) is 11.9 Å². The number of hydrogen-bond acceptors (Lipinski definition) is 3. The van der Waals surface area contributed by atoms with Crippen molar-refractivity contribution in [2.45, 2.75) is 45.1 Å². The number of likely N-dealkylation sites (tertiary alicyclic amines) is 1. The molecule has 1 aliphatic heterocycles. The summed E-state index contributed by atoms with van der Waals surface area (Å²) in [5.41, 5.74) is 0. The zero-order valence-corrected chi connectivity index (χ0v) is 12.4. The highest BCUT2D eigenvalue weighted by molar-refractivity contribution is 5.77. The SMILES string of the molecule is CCCC(CC(=O)N1CCC(CC(=O)O)C1)n1ccnc1. The molecular weight excluding hydrogens is 270 g/mol. The van der Waals surface area contributed by atoms with Crippen molar-refractivity contribution in [3.05, 3.63) is 18.7 Å². The van der Waals surface area contributed by atoms with Crippen LogP contribution in [0, 0.1) is 5.92 Å². The Kier molecular flexibility index (Phi) is 5.36. The van der Waals surface area contributed by atoms with Gasteiger partial charge in [-0.1, -0.05) is 13.3 Å². The third-order valence-corrected chi connectivity index (χ3v) is 4.08. The molecule has 6 heteroatoms. The van der Waals surface area contributed by atoms with Gasteiger partial charge in [0, 0.05) is 44.4 Å². The van der Waals surface area contributed by atoms with Crippen molar-refractivity contribution in [2.75, 3.05) is 13.1 Å². The number of hydrogen-bond donors (Lipinski definition) is 1. The van der Waals surface area contributed by atoms with Gasteiger partial charge in [-0.05, 0) is 18.8 Å². The maximum atomic E-state index is 12.4. The highest BCUT2D eigenvalue weighted by atomic mass is 16.4. The summed E-state index contributed by atoms with van der Waals surface area (Å²) >= 11 is 0. The number of aromatic nitrogens is 2. The number of amides is 1. The third-order valence-electron chi connectivity index (χ3n) is 4.08. The van der Waals surface area contributed by atoms with Crippen LogP contribution in [0.2, 0.25) is 0 Å². The van der Waals surface area contributed by atoms with Crippen molar-refractivity contribution in [2.24, 2.45) is 5.92 Å². The van der Waals surface area contributed by atoms with Crippen LogP contribution in [-0.4, -0.2) is 44.5 Å². The predicted molar refractivity (Wildman–Crippen MR) is 77.7 cm³/mol. The van der Waals surface area contributed by atoms with E-state index < -0.39 is 5.97 Å². The predicted octanol–water partition coefficient (Wildman–Crippen LogP) is 1.94. The van der Waals surface area contributed by atoms with E-state index in [1.54, 1.807) is 12.5 Å². The minimum Gasteiger partial charge on any atom is -0.481 e. The van der Waals surface area contributed by atoms with Gasteiger partial charge in [0.25, 0.3) is 0 Å². The Balaban J connectivity index is 1.89. The average Bonchev–Trinajstić information content (AvgIpc) is 3.08. The summed E-state index contributed by atoms with van der Waals surface area (Å²) < 4.78 is 1.99. The van der Waals surface area contributed by atoms with Crippen LogP contribution in [0.15, 0.2) is 18.7 Å². The summed E-state index contributed by atoms with van der Waals surface area (Å²) in [5.74, 6) is -0.559. The molecule has 2 rings (SSSR count). The minimum absolute atomic E-state index is 0.101. The lowest BCUT2D eigenvalue weighted by atomic mass is 10.1. The van der Waals surface area contributed by atoms with Crippen molar-refractivity contribution in [3.63, 3.8) is 0 Å². The molecule has 21 heavy (non-hydrogen) atoms. The van der Waals surface area contributed by atoms with Crippen LogP contribution in [0.5, 0.6) is 0 Å². The van der Waals surface area contributed by atoms with Gasteiger partial charge in [-0.2, -0.15) is 0 Å². The first-order valence-electron chi connectivity index (χ1n) is 7.57. The molecule has 1 fully saturated rings. The largest absolute Gasteiger partial charge is 0.481 e. The Morgan fingerprint density at radius 2 is 2.29 bits per heavy atom. The molecule has 2 unspecified atom stereocenters. The van der Waals surface area contributed by atoms with Crippen molar-refractivity contribution in [1.29, 1.82) is 0 Å². The number of rotatable bonds is 7. The van der Waals surface area contributed by atoms with Crippen LogP contribution in [0.4, 0.5) is 0 Å². The summed E-state index contributed by atoms with van der Waals surface area (Å²) in [6.45, 7) is 3.36. The molecule has 2 atom stereocenters. The Bertz CT molecular complexity index is 473. The number of carbonyl (C=O) groups is 2. The van der Waals surface area contributed by atoms with E-state index in [1.165, 1.54) is 0 Å². The Labute approximate surface area is 124 Å². The smallest absolute Gasteiger partial charge is 0.303 e. The average molecular weight is 293 g/mol. The minimum atomic E-state index is -0.781. The Morgan fingerprint density at radius 3 is 2.90 bits per heavy atom. The van der Waals surface area contributed by atoms with Gasteiger partial charge in [0.2, 0.25) is 5.91 Å². The van der Waals surface area contributed by atoms with E-state index in [4.69, 9.17) is 5.11 Å². The normalized spacial score (nSPS) is 19.7. The Morgan fingerprint density at radius 1 is 1.48 bits per heavy atom. The van der Waals surface area contributed by atoms with E-state index in [0.29, 0.717) is 19.5 Å². The van der Waals surface area contributed by atoms with Gasteiger partial charge < -0.3 is 14.6 Å². The topological polar surface area (TPSA) is 75.4 Å². The molecule has 1 aromatic rings. The van der Waals surface area contributed by atoms with E-state index in [1.807, 2.05) is 15.7 Å². The number of carboxylic acid groups (broad SMARTS) is 1. The van der Waals surface area contributed by atoms with Crippen LogP contribution < -0.4 is 0 Å². The van der Waals surface area contributed by atoms with E-state index in [0.717, 1.165) is 19.3 Å². The molecule has 0 saturated carbocycles. The fourth-order valence-corrected chi connectivity index (χ4v) is 2.98. The lowest BCUT2D eigenvalue weighted by molar-refractivity contribution is -0.138. The van der Waals surface area contributed by atoms with E-state index in [9.17, 15) is 9.59 Å². The number of nitrogens with zero attached hydrogens (tertiary/aromatic N) is 3. The van der Waals surface area contributed by atoms with Crippen LogP contribution in [0.3, 0.4) is 0 Å². The maximum absolute atomic E-state index is 12.4. The van der Waals surface area contributed by atoms with Gasteiger partial charge in [-0.15, -0.1) is 0 Å². The number of imidazole rings is 1. The van der Waals surface area contributed by atoms with Crippen LogP contribution in [0.25, 0.3) is 0 Å². The van der Waals surface area contributed by atoms with Gasteiger partial charge in [-0.3, -0.25) is 9.59 Å². The first kappa shape index (κ1) is 15.5. The van der Waals surface area contributed by atoms with Gasteiger partial charge in [0.05, 0.1) is 6.33 Å². The van der Waals surface area contributed by atoms with Crippen molar-refractivity contribution < 1.29 is 14.7 Å². The first-order chi connectivity index (χ1) is 10.1. The molecule has 0 spiro atoms. The molecule has 0 bridgehead atoms. The second-order valence-corrected chi connectivity index (χ2v) is 5.75. The third kappa shape index (κ3) is 4.31. The molecule has 116 valence electrons. The zero-order valence-electron chi connectivity index (χ0n) is 12.4. The molecule has 2 heterocycles. The Hall–Kier alpha value is -1.85. The lowest BCUT2D eigenvalue weighted by Crippen LogP contribution is -2.31. The highest BCUT2D eigenvalue weighted by Crippen LogP contribution is 2.24. The molecule has 1 N–H and O–H groups in total. The fraction of sp³-hybridized carbons (Fsp3) is 0.667. The van der Waals surface area contributed by atoms with Crippen molar-refractivity contribution in [1.82, 2.24) is 14.5 Å². The molecule has 0 radical (unpaired) electrons. The molecular formula is C15H23N3O3.